The summed E-state index contributed by atoms with van der Waals surface area (Å²) in [4.78, 5) is 18.3. The van der Waals surface area contributed by atoms with Crippen LogP contribution < -0.4 is 0 Å². The Hall–Kier alpha value is -3.55. The standard InChI is InChI=1S/C25H24FN7O3S2/c1-2-8-31-13-23(29-30-31)38(35,36)32-9-7-18-10-22-17(12-28-33(22)20-5-3-19(26)4-6-20)11-25(18,15-32)24(34)21-14-37-16-27-21/h3-6,10,12-14,16H,2,7-9,11,15H2,1H3. The smallest absolute Gasteiger partial charge is 0.264 e. The van der Waals surface area contributed by atoms with E-state index in [0.717, 1.165) is 23.3 Å². The van der Waals surface area contributed by atoms with Crippen LogP contribution in [0, 0.1) is 11.2 Å². The van der Waals surface area contributed by atoms with Crippen molar-refractivity contribution >= 4 is 33.2 Å². The predicted octanol–water partition coefficient (Wildman–Crippen LogP) is 3.37. The summed E-state index contributed by atoms with van der Waals surface area (Å²) in [6.45, 7) is 2.68. The van der Waals surface area contributed by atoms with Crippen molar-refractivity contribution in [1.82, 2.24) is 34.1 Å². The van der Waals surface area contributed by atoms with E-state index in [1.165, 1.54) is 38.7 Å². The number of carbonyl (C=O) groups excluding carboxylic acids is 1. The van der Waals surface area contributed by atoms with E-state index in [4.69, 9.17) is 0 Å². The molecule has 4 heterocycles. The molecule has 1 saturated heterocycles. The summed E-state index contributed by atoms with van der Waals surface area (Å²) in [5, 5.41) is 13.9. The lowest BCUT2D eigenvalue weighted by Gasteiger charge is -2.44. The molecule has 3 aromatic heterocycles. The maximum absolute atomic E-state index is 14.0. The third-order valence-corrected chi connectivity index (χ3v) is 9.42. The lowest BCUT2D eigenvalue weighted by Crippen LogP contribution is -2.53. The third-order valence-electron chi connectivity index (χ3n) is 7.13. The Morgan fingerprint density at radius 3 is 2.79 bits per heavy atom. The minimum atomic E-state index is -3.98. The van der Waals surface area contributed by atoms with Crippen molar-refractivity contribution in [2.45, 2.75) is 37.8 Å². The molecule has 1 unspecified atom stereocenters. The SMILES string of the molecule is CCCn1cc(S(=O)(=O)N2CCC3=Cc4c(cnn4-c4ccc(F)cc4)CC3(C(=O)c3cscn3)C2)nn1. The van der Waals surface area contributed by atoms with Gasteiger partial charge in [-0.3, -0.25) is 9.48 Å². The average molecular weight is 554 g/mol. The first-order valence-electron chi connectivity index (χ1n) is 12.2. The number of benzene rings is 1. The fourth-order valence-corrected chi connectivity index (χ4v) is 7.16. The van der Waals surface area contributed by atoms with Crippen LogP contribution in [-0.4, -0.2) is 61.4 Å². The Bertz CT molecular complexity index is 1640. The number of thiazole rings is 1. The van der Waals surface area contributed by atoms with Gasteiger partial charge in [-0.15, -0.1) is 16.4 Å². The lowest BCUT2D eigenvalue weighted by atomic mass is 9.65. The minimum Gasteiger partial charge on any atom is -0.291 e. The summed E-state index contributed by atoms with van der Waals surface area (Å²) in [6, 6.07) is 6.03. The van der Waals surface area contributed by atoms with E-state index in [0.29, 0.717) is 24.3 Å². The molecule has 38 heavy (non-hydrogen) atoms. The highest BCUT2D eigenvalue weighted by Crippen LogP contribution is 2.47. The summed E-state index contributed by atoms with van der Waals surface area (Å²) in [6.07, 6.45) is 6.46. The third kappa shape index (κ3) is 4.01. The minimum absolute atomic E-state index is 0.0423. The summed E-state index contributed by atoms with van der Waals surface area (Å²) in [7, 11) is -3.98. The van der Waals surface area contributed by atoms with Gasteiger partial charge in [0.05, 0.1) is 34.7 Å². The van der Waals surface area contributed by atoms with Gasteiger partial charge in [0.25, 0.3) is 10.0 Å². The van der Waals surface area contributed by atoms with Gasteiger partial charge < -0.3 is 0 Å². The van der Waals surface area contributed by atoms with Crippen LogP contribution >= 0.6 is 11.3 Å². The number of aryl methyl sites for hydroxylation is 1. The topological polar surface area (TPSA) is 116 Å². The fraction of sp³-hybridized carbons (Fsp3) is 0.320. The number of hydrogen-bond acceptors (Lipinski definition) is 8. The Kier molecular flexibility index (Phi) is 6.08. The first kappa shape index (κ1) is 24.8. The summed E-state index contributed by atoms with van der Waals surface area (Å²) in [5.41, 5.74) is 3.89. The van der Waals surface area contributed by atoms with E-state index in [-0.39, 0.29) is 36.1 Å². The molecule has 0 saturated carbocycles. The van der Waals surface area contributed by atoms with E-state index in [1.807, 2.05) is 13.0 Å². The highest BCUT2D eigenvalue weighted by atomic mass is 32.2. The van der Waals surface area contributed by atoms with Gasteiger partial charge in [-0.05, 0) is 55.2 Å². The van der Waals surface area contributed by atoms with E-state index < -0.39 is 15.4 Å². The normalized spacial score (nSPS) is 19.6. The van der Waals surface area contributed by atoms with Crippen LogP contribution in [0.1, 0.15) is 41.5 Å². The molecule has 0 bridgehead atoms. The van der Waals surface area contributed by atoms with Crippen molar-refractivity contribution in [1.29, 1.82) is 0 Å². The van der Waals surface area contributed by atoms with Gasteiger partial charge >= 0.3 is 0 Å². The molecule has 1 aliphatic heterocycles. The second-order valence-electron chi connectivity index (χ2n) is 9.48. The molecule has 0 spiro atoms. The number of Topliss-reactive ketones (excluding diaryl/α,β-unsaturated/α-hetero) is 1. The zero-order chi connectivity index (χ0) is 26.5. The van der Waals surface area contributed by atoms with Crippen LogP contribution in [0.2, 0.25) is 0 Å². The first-order chi connectivity index (χ1) is 18.3. The molecule has 4 aromatic rings. The number of carbonyl (C=O) groups is 1. The predicted molar refractivity (Wildman–Crippen MR) is 138 cm³/mol. The van der Waals surface area contributed by atoms with Crippen LogP contribution in [0.5, 0.6) is 0 Å². The van der Waals surface area contributed by atoms with Gasteiger partial charge in [0.1, 0.15) is 11.5 Å². The molecule has 10 nitrogen and oxygen atoms in total. The second-order valence-corrected chi connectivity index (χ2v) is 12.1. The molecule has 2 aliphatic rings. The molecule has 0 radical (unpaired) electrons. The monoisotopic (exact) mass is 553 g/mol. The molecule has 196 valence electrons. The highest BCUT2D eigenvalue weighted by molar-refractivity contribution is 7.89. The Balaban J connectivity index is 1.41. The van der Waals surface area contributed by atoms with Crippen LogP contribution in [-0.2, 0) is 23.0 Å². The first-order valence-corrected chi connectivity index (χ1v) is 14.6. The average Bonchev–Trinajstić information content (AvgIpc) is 3.69. The van der Waals surface area contributed by atoms with Crippen LogP contribution in [0.25, 0.3) is 11.8 Å². The number of ketones is 1. The second kappa shape index (κ2) is 9.33. The van der Waals surface area contributed by atoms with Gasteiger partial charge in [-0.1, -0.05) is 17.7 Å². The van der Waals surface area contributed by atoms with Crippen molar-refractivity contribution in [2.24, 2.45) is 5.41 Å². The van der Waals surface area contributed by atoms with Crippen molar-refractivity contribution in [3.05, 3.63) is 75.9 Å². The Morgan fingerprint density at radius 1 is 1.24 bits per heavy atom. The number of halogens is 1. The van der Waals surface area contributed by atoms with Crippen molar-refractivity contribution < 1.29 is 17.6 Å². The van der Waals surface area contributed by atoms with Crippen molar-refractivity contribution in [2.75, 3.05) is 13.1 Å². The van der Waals surface area contributed by atoms with E-state index >= 15 is 0 Å². The van der Waals surface area contributed by atoms with Gasteiger partial charge in [0, 0.05) is 25.0 Å². The van der Waals surface area contributed by atoms with Gasteiger partial charge in [0.15, 0.2) is 5.78 Å². The molecule has 1 aliphatic carbocycles. The van der Waals surface area contributed by atoms with Crippen LogP contribution in [0.15, 0.2) is 58.1 Å². The van der Waals surface area contributed by atoms with Crippen LogP contribution in [0.3, 0.4) is 0 Å². The maximum atomic E-state index is 14.0. The summed E-state index contributed by atoms with van der Waals surface area (Å²) in [5.74, 6) is -0.566. The van der Waals surface area contributed by atoms with E-state index in [9.17, 15) is 17.6 Å². The zero-order valence-electron chi connectivity index (χ0n) is 20.5. The number of hydrogen-bond donors (Lipinski definition) is 0. The molecule has 0 amide bonds. The largest absolute Gasteiger partial charge is 0.291 e. The van der Waals surface area contributed by atoms with Gasteiger partial charge in [0.2, 0.25) is 5.03 Å². The Labute approximate surface area is 222 Å². The molecule has 13 heteroatoms. The molecule has 1 aromatic carbocycles. The van der Waals surface area contributed by atoms with Crippen molar-refractivity contribution in [3.63, 3.8) is 0 Å². The quantitative estimate of drug-likeness (QED) is 0.322. The maximum Gasteiger partial charge on any atom is 0.264 e. The summed E-state index contributed by atoms with van der Waals surface area (Å²) < 4.78 is 45.3. The number of sulfonamides is 1. The number of nitrogens with zero attached hydrogens (tertiary/aromatic N) is 7. The molecule has 0 N–H and O–H groups in total. The van der Waals surface area contributed by atoms with Gasteiger partial charge in [-0.2, -0.15) is 9.40 Å². The van der Waals surface area contributed by atoms with Gasteiger partial charge in [-0.25, -0.2) is 22.5 Å². The number of fused-ring (bicyclic) bond motifs is 2. The lowest BCUT2D eigenvalue weighted by molar-refractivity contribution is 0.0770. The highest BCUT2D eigenvalue weighted by Gasteiger charge is 2.51. The summed E-state index contributed by atoms with van der Waals surface area (Å²) >= 11 is 1.32. The van der Waals surface area contributed by atoms with E-state index in [2.05, 4.69) is 20.4 Å². The molecule has 1 fully saturated rings. The molecule has 6 rings (SSSR count). The number of aromatic nitrogens is 6. The number of piperidine rings is 1. The molecule has 1 atom stereocenters. The zero-order valence-corrected chi connectivity index (χ0v) is 22.1. The molecular weight excluding hydrogens is 529 g/mol. The van der Waals surface area contributed by atoms with E-state index in [1.54, 1.807) is 33.9 Å². The Morgan fingerprint density at radius 2 is 2.05 bits per heavy atom. The number of rotatable bonds is 7. The van der Waals surface area contributed by atoms with Crippen molar-refractivity contribution in [3.8, 4) is 5.69 Å². The van der Waals surface area contributed by atoms with Crippen LogP contribution in [0.4, 0.5) is 4.39 Å². The fourth-order valence-electron chi connectivity index (χ4n) is 5.25. The molecular formula is C25H24FN7O3S2.